The second-order valence-corrected chi connectivity index (χ2v) is 13.5. The first kappa shape index (κ1) is 41.1. The fourth-order valence-electron chi connectivity index (χ4n) is 4.62. The van der Waals surface area contributed by atoms with E-state index >= 15 is 0 Å². The van der Waals surface area contributed by atoms with Crippen LogP contribution in [0.5, 0.6) is 5.75 Å². The number of benzene rings is 1. The number of hydrogen-bond donors (Lipinski definition) is 2. The predicted molar refractivity (Wildman–Crippen MR) is 176 cm³/mol. The third kappa shape index (κ3) is 12.4. The van der Waals surface area contributed by atoms with Gasteiger partial charge in [0.2, 0.25) is 6.79 Å². The Morgan fingerprint density at radius 1 is 0.961 bits per heavy atom. The van der Waals surface area contributed by atoms with Gasteiger partial charge in [-0.1, -0.05) is 32.0 Å². The summed E-state index contributed by atoms with van der Waals surface area (Å²) in [7, 11) is -4.31. The van der Waals surface area contributed by atoms with Crippen molar-refractivity contribution in [1.82, 2.24) is 14.2 Å². The smallest absolute Gasteiger partial charge is 0.459 e. The molecule has 1 aromatic heterocycles. The van der Waals surface area contributed by atoms with Crippen LogP contribution in [0.2, 0.25) is 0 Å². The maximum atomic E-state index is 13.8. The van der Waals surface area contributed by atoms with Gasteiger partial charge in [0, 0.05) is 24.6 Å². The van der Waals surface area contributed by atoms with Crippen molar-refractivity contribution < 1.29 is 61.6 Å². The number of ether oxygens (including phenoxy) is 5. The first-order valence-corrected chi connectivity index (χ1v) is 17.8. The summed E-state index contributed by atoms with van der Waals surface area (Å²) in [6.07, 6.45) is -2.98. The first-order valence-electron chi connectivity index (χ1n) is 16.2. The van der Waals surface area contributed by atoms with Crippen molar-refractivity contribution in [2.75, 3.05) is 13.4 Å². The summed E-state index contributed by atoms with van der Waals surface area (Å²) >= 11 is 0. The lowest BCUT2D eigenvalue weighted by molar-refractivity contribution is -0.168. The molecule has 0 bridgehead atoms. The summed E-state index contributed by atoms with van der Waals surface area (Å²) in [5.74, 6) is -3.60. The van der Waals surface area contributed by atoms with Crippen molar-refractivity contribution in [2.45, 2.75) is 97.6 Å². The largest absolute Gasteiger partial charge is 0.462 e. The molecule has 1 aliphatic rings. The van der Waals surface area contributed by atoms with Crippen LogP contribution >= 0.6 is 7.75 Å². The summed E-state index contributed by atoms with van der Waals surface area (Å²) in [5.41, 5.74) is -1.75. The van der Waals surface area contributed by atoms with Gasteiger partial charge in [0.05, 0.1) is 31.7 Å². The number of para-hydroxylation sites is 1. The molecular weight excluding hydrogens is 697 g/mol. The summed E-state index contributed by atoms with van der Waals surface area (Å²) < 4.78 is 52.3. The normalized spacial score (nSPS) is 20.2. The maximum absolute atomic E-state index is 13.8. The van der Waals surface area contributed by atoms with Gasteiger partial charge in [-0.25, -0.2) is 13.9 Å². The Balaban J connectivity index is 1.64. The van der Waals surface area contributed by atoms with E-state index in [0.29, 0.717) is 11.0 Å². The molecule has 2 N–H and O–H groups in total. The molecule has 1 unspecified atom stereocenters. The molecule has 1 aliphatic heterocycles. The lowest BCUT2D eigenvalue weighted by Gasteiger charge is -2.25. The molecule has 1 fully saturated rings. The van der Waals surface area contributed by atoms with E-state index in [1.54, 1.807) is 45.9 Å². The minimum atomic E-state index is -4.31. The molecule has 0 spiro atoms. The number of hydrogen-bond acceptors (Lipinski definition) is 15. The molecule has 2 aromatic rings. The SMILES string of the molecule is CCCC(=O)OCOC(=O)CCC(=O)OCn1c(=O)ccn([C@@H]2O[C@H](COP(=O)(N[C@@H](C)C(=O)OC(C)C)Oc3ccccc3)[C@@H](O)[C@@H]2C)c1=O. The van der Waals surface area contributed by atoms with E-state index in [1.807, 2.05) is 0 Å². The number of carbonyl (C=O) groups is 4. The number of carbonyl (C=O) groups excluding carboxylic acids is 4. The number of nitrogens with one attached hydrogen (secondary N) is 1. The van der Waals surface area contributed by atoms with Crippen LogP contribution in [0, 0.1) is 5.92 Å². The number of aliphatic hydroxyl groups excluding tert-OH is 1. The molecule has 1 aromatic carbocycles. The van der Waals surface area contributed by atoms with E-state index < -0.39 is 112 Å². The predicted octanol–water partition coefficient (Wildman–Crippen LogP) is 2.16. The van der Waals surface area contributed by atoms with Crippen LogP contribution in [0.4, 0.5) is 0 Å². The van der Waals surface area contributed by atoms with E-state index in [4.69, 9.17) is 32.7 Å². The van der Waals surface area contributed by atoms with Gasteiger partial charge >= 0.3 is 37.3 Å². The van der Waals surface area contributed by atoms with Gasteiger partial charge in [-0.05, 0) is 39.3 Å². The molecule has 3 rings (SSSR count). The van der Waals surface area contributed by atoms with Crippen LogP contribution < -0.4 is 20.9 Å². The van der Waals surface area contributed by atoms with E-state index in [2.05, 4.69) is 5.09 Å². The number of esters is 4. The standard InChI is InChI=1S/C32H44N3O15P/c1-6-10-26(37)45-19-46-28(39)14-13-27(38)44-18-35-25(36)15-16-34(32(35)42)30-21(4)29(40)24(49-30)17-47-51(43,50-23-11-8-7-9-12-23)33-22(5)31(41)48-20(2)3/h7-9,11-12,15-16,20-22,24,29-30,40H,6,10,13-14,17-19H2,1-5H3,(H,33,43)/t21-,22-,24+,29-,30+,51?/m0/s1. The first-order chi connectivity index (χ1) is 24.1. The van der Waals surface area contributed by atoms with Crippen LogP contribution in [-0.4, -0.2) is 75.9 Å². The van der Waals surface area contributed by atoms with E-state index in [1.165, 1.54) is 19.1 Å². The molecule has 6 atom stereocenters. The molecule has 18 nitrogen and oxygen atoms in total. The van der Waals surface area contributed by atoms with E-state index in [0.717, 1.165) is 16.8 Å². The molecule has 51 heavy (non-hydrogen) atoms. The zero-order chi connectivity index (χ0) is 37.7. The molecule has 0 saturated carbocycles. The summed E-state index contributed by atoms with van der Waals surface area (Å²) in [4.78, 5) is 73.7. The highest BCUT2D eigenvalue weighted by molar-refractivity contribution is 7.52. The fraction of sp³-hybridized carbons (Fsp3) is 0.562. The zero-order valence-electron chi connectivity index (χ0n) is 29.0. The molecule has 0 radical (unpaired) electrons. The summed E-state index contributed by atoms with van der Waals surface area (Å²) in [6, 6.07) is 7.95. The highest BCUT2D eigenvalue weighted by Crippen LogP contribution is 2.46. The number of nitrogens with zero attached hydrogens (tertiary/aromatic N) is 2. The Morgan fingerprint density at radius 2 is 1.59 bits per heavy atom. The van der Waals surface area contributed by atoms with Crippen molar-refractivity contribution in [2.24, 2.45) is 5.92 Å². The van der Waals surface area contributed by atoms with Gasteiger partial charge in [0.25, 0.3) is 5.56 Å². The molecule has 282 valence electrons. The Labute approximate surface area is 293 Å². The zero-order valence-corrected chi connectivity index (χ0v) is 29.9. The van der Waals surface area contributed by atoms with Gasteiger partial charge in [-0.3, -0.25) is 33.1 Å². The number of aliphatic hydroxyl groups is 1. The van der Waals surface area contributed by atoms with E-state index in [9.17, 15) is 38.4 Å². The van der Waals surface area contributed by atoms with Crippen molar-refractivity contribution in [3.05, 3.63) is 63.4 Å². The van der Waals surface area contributed by atoms with Crippen LogP contribution in [0.15, 0.2) is 52.2 Å². The highest BCUT2D eigenvalue weighted by atomic mass is 31.2. The van der Waals surface area contributed by atoms with Crippen LogP contribution in [0.25, 0.3) is 0 Å². The minimum absolute atomic E-state index is 0.163. The average Bonchev–Trinajstić information content (AvgIpc) is 3.35. The third-order valence-electron chi connectivity index (χ3n) is 7.27. The highest BCUT2D eigenvalue weighted by Gasteiger charge is 2.44. The van der Waals surface area contributed by atoms with E-state index in [-0.39, 0.29) is 12.2 Å². The molecule has 0 amide bonds. The molecular formula is C32H44N3O15P. The topological polar surface area (TPSA) is 226 Å². The number of rotatable bonds is 19. The maximum Gasteiger partial charge on any atom is 0.459 e. The molecule has 0 aliphatic carbocycles. The van der Waals surface area contributed by atoms with Crippen molar-refractivity contribution in [1.29, 1.82) is 0 Å². The van der Waals surface area contributed by atoms with Gasteiger partial charge in [-0.2, -0.15) is 5.09 Å². The fourth-order valence-corrected chi connectivity index (χ4v) is 6.12. The Bertz CT molecular complexity index is 1660. The average molecular weight is 742 g/mol. The Morgan fingerprint density at radius 3 is 2.22 bits per heavy atom. The molecule has 19 heteroatoms. The number of aromatic nitrogens is 2. The lowest BCUT2D eigenvalue weighted by Crippen LogP contribution is -2.42. The second-order valence-electron chi connectivity index (χ2n) is 11.8. The summed E-state index contributed by atoms with van der Waals surface area (Å²) in [6.45, 7) is 6.17. The monoisotopic (exact) mass is 741 g/mol. The quantitative estimate of drug-likeness (QED) is 0.0910. The van der Waals surface area contributed by atoms with Gasteiger partial charge < -0.3 is 33.3 Å². The van der Waals surface area contributed by atoms with Crippen LogP contribution in [-0.2, 0) is 58.7 Å². The van der Waals surface area contributed by atoms with Crippen molar-refractivity contribution in [3.8, 4) is 5.75 Å². The minimum Gasteiger partial charge on any atom is -0.462 e. The van der Waals surface area contributed by atoms with Gasteiger partial charge in [0.15, 0.2) is 6.73 Å². The molecule has 2 heterocycles. The van der Waals surface area contributed by atoms with Crippen LogP contribution in [0.3, 0.4) is 0 Å². The third-order valence-corrected chi connectivity index (χ3v) is 8.91. The summed E-state index contributed by atoms with van der Waals surface area (Å²) in [5, 5.41) is 13.5. The molecule has 1 saturated heterocycles. The second kappa shape index (κ2) is 19.3. The van der Waals surface area contributed by atoms with Crippen molar-refractivity contribution in [3.63, 3.8) is 0 Å². The Kier molecular flexibility index (Phi) is 15.6. The van der Waals surface area contributed by atoms with Crippen LogP contribution in [0.1, 0.15) is 66.5 Å². The Hall–Kier alpha value is -4.35. The van der Waals surface area contributed by atoms with Crippen molar-refractivity contribution >= 4 is 31.6 Å². The van der Waals surface area contributed by atoms with Gasteiger partial charge in [-0.15, -0.1) is 0 Å². The van der Waals surface area contributed by atoms with Gasteiger partial charge in [0.1, 0.15) is 24.1 Å². The lowest BCUT2D eigenvalue weighted by atomic mass is 10.0.